The lowest BCUT2D eigenvalue weighted by Gasteiger charge is -2.07. The molecule has 1 nitrogen and oxygen atoms in total. The second-order valence-corrected chi connectivity index (χ2v) is 5.37. The lowest BCUT2D eigenvalue weighted by Crippen LogP contribution is -2.10. The van der Waals surface area contributed by atoms with Gasteiger partial charge in [-0.1, -0.05) is 60.7 Å². The van der Waals surface area contributed by atoms with E-state index in [-0.39, 0.29) is 5.92 Å². The third-order valence-electron chi connectivity index (χ3n) is 3.91. The van der Waals surface area contributed by atoms with Crippen molar-refractivity contribution in [1.29, 1.82) is 0 Å². The number of allylic oxidation sites excluding steroid dienone is 1. The van der Waals surface area contributed by atoms with E-state index >= 15 is 0 Å². The average Bonchev–Trinajstić information content (AvgIpc) is 2.83. The first-order valence-corrected chi connectivity index (χ1v) is 7.17. The molecule has 20 heavy (non-hydrogen) atoms. The van der Waals surface area contributed by atoms with E-state index in [1.54, 1.807) is 0 Å². The van der Waals surface area contributed by atoms with Crippen molar-refractivity contribution in [3.63, 3.8) is 0 Å². The van der Waals surface area contributed by atoms with Gasteiger partial charge in [-0.15, -0.1) is 0 Å². The molecule has 0 radical (unpaired) electrons. The molecule has 1 aliphatic rings. The molecule has 100 valence electrons. The largest absolute Gasteiger partial charge is 0.294 e. The van der Waals surface area contributed by atoms with Crippen molar-refractivity contribution < 1.29 is 4.79 Å². The highest BCUT2D eigenvalue weighted by molar-refractivity contribution is 6.03. The lowest BCUT2D eigenvalue weighted by molar-refractivity contribution is -0.117. The van der Waals surface area contributed by atoms with Crippen molar-refractivity contribution in [2.45, 2.75) is 19.3 Å². The Morgan fingerprint density at radius 2 is 1.60 bits per heavy atom. The first kappa shape index (κ1) is 12.9. The Balaban J connectivity index is 1.73. The van der Waals surface area contributed by atoms with Crippen molar-refractivity contribution >= 4 is 11.9 Å². The predicted octanol–water partition coefficient (Wildman–Crippen LogP) is 4.29. The third kappa shape index (κ3) is 2.88. The summed E-state index contributed by atoms with van der Waals surface area (Å²) >= 11 is 0. The van der Waals surface area contributed by atoms with Gasteiger partial charge in [-0.2, -0.15) is 0 Å². The summed E-state index contributed by atoms with van der Waals surface area (Å²) < 4.78 is 0. The van der Waals surface area contributed by atoms with Crippen LogP contribution >= 0.6 is 0 Å². The predicted molar refractivity (Wildman–Crippen MR) is 82.3 cm³/mol. The molecule has 1 unspecified atom stereocenters. The molecule has 2 aromatic carbocycles. The first-order chi connectivity index (χ1) is 9.83. The van der Waals surface area contributed by atoms with Gasteiger partial charge < -0.3 is 0 Å². The zero-order valence-electron chi connectivity index (χ0n) is 11.5. The molecule has 0 aromatic heterocycles. The van der Waals surface area contributed by atoms with E-state index in [2.05, 4.69) is 12.1 Å². The molecular weight excluding hydrogens is 244 g/mol. The van der Waals surface area contributed by atoms with E-state index in [0.717, 1.165) is 30.4 Å². The standard InChI is InChI=1S/C19H18O/c20-19-17(13-15-7-3-1-4-8-15)11-12-18(19)14-16-9-5-2-6-10-16/h1-10,13,18H,11-12,14H2/b17-13-. The maximum absolute atomic E-state index is 12.4. The minimum absolute atomic E-state index is 0.160. The Bertz CT molecular complexity index is 611. The van der Waals surface area contributed by atoms with E-state index in [0.29, 0.717) is 5.78 Å². The summed E-state index contributed by atoms with van der Waals surface area (Å²) in [6.45, 7) is 0. The Morgan fingerprint density at radius 1 is 0.950 bits per heavy atom. The molecule has 0 N–H and O–H groups in total. The molecule has 1 saturated carbocycles. The van der Waals surface area contributed by atoms with Gasteiger partial charge in [-0.25, -0.2) is 0 Å². The van der Waals surface area contributed by atoms with Crippen molar-refractivity contribution in [3.05, 3.63) is 77.4 Å². The highest BCUT2D eigenvalue weighted by Crippen LogP contribution is 2.30. The average molecular weight is 262 g/mol. The number of hydrogen-bond acceptors (Lipinski definition) is 1. The second kappa shape index (κ2) is 5.87. The zero-order valence-corrected chi connectivity index (χ0v) is 11.5. The minimum atomic E-state index is 0.160. The maximum atomic E-state index is 12.4. The van der Waals surface area contributed by atoms with Crippen LogP contribution in [0.5, 0.6) is 0 Å². The molecule has 2 aromatic rings. The number of carbonyl (C=O) groups is 1. The van der Waals surface area contributed by atoms with Crippen LogP contribution in [0.1, 0.15) is 24.0 Å². The molecule has 0 aliphatic heterocycles. The molecule has 0 bridgehead atoms. The fourth-order valence-electron chi connectivity index (χ4n) is 2.83. The molecule has 1 atom stereocenters. The first-order valence-electron chi connectivity index (χ1n) is 7.17. The Kier molecular flexibility index (Phi) is 3.78. The molecule has 0 spiro atoms. The van der Waals surface area contributed by atoms with Gasteiger partial charge in [-0.3, -0.25) is 4.79 Å². The normalized spacial score (nSPS) is 20.5. The number of carbonyl (C=O) groups excluding carboxylic acids is 1. The summed E-state index contributed by atoms with van der Waals surface area (Å²) in [7, 11) is 0. The van der Waals surface area contributed by atoms with Crippen LogP contribution in [0.15, 0.2) is 66.2 Å². The van der Waals surface area contributed by atoms with Crippen molar-refractivity contribution in [1.82, 2.24) is 0 Å². The molecule has 1 heteroatoms. The summed E-state index contributed by atoms with van der Waals surface area (Å²) in [6.07, 6.45) is 4.80. The summed E-state index contributed by atoms with van der Waals surface area (Å²) in [6, 6.07) is 20.4. The van der Waals surface area contributed by atoms with Gasteiger partial charge >= 0.3 is 0 Å². The number of benzene rings is 2. The summed E-state index contributed by atoms with van der Waals surface area (Å²) in [4.78, 5) is 12.4. The van der Waals surface area contributed by atoms with Crippen LogP contribution in [0.3, 0.4) is 0 Å². The van der Waals surface area contributed by atoms with Gasteiger partial charge in [0, 0.05) is 5.92 Å². The smallest absolute Gasteiger partial charge is 0.162 e. The maximum Gasteiger partial charge on any atom is 0.162 e. The molecule has 1 fully saturated rings. The highest BCUT2D eigenvalue weighted by Gasteiger charge is 2.28. The third-order valence-corrected chi connectivity index (χ3v) is 3.91. The minimum Gasteiger partial charge on any atom is -0.294 e. The van der Waals surface area contributed by atoms with E-state index in [1.165, 1.54) is 5.56 Å². The Hall–Kier alpha value is -2.15. The fourth-order valence-corrected chi connectivity index (χ4v) is 2.83. The lowest BCUT2D eigenvalue weighted by atomic mass is 9.96. The van der Waals surface area contributed by atoms with Crippen LogP contribution in [0.25, 0.3) is 6.08 Å². The van der Waals surface area contributed by atoms with E-state index in [1.807, 2.05) is 54.6 Å². The summed E-state index contributed by atoms with van der Waals surface area (Å²) in [5, 5.41) is 0. The number of ketones is 1. The molecule has 0 saturated heterocycles. The number of hydrogen-bond donors (Lipinski definition) is 0. The number of Topliss-reactive ketones (excluding diaryl/α,β-unsaturated/α-hetero) is 1. The molecule has 0 amide bonds. The van der Waals surface area contributed by atoms with Gasteiger partial charge in [0.2, 0.25) is 0 Å². The van der Waals surface area contributed by atoms with E-state index in [9.17, 15) is 4.79 Å². The number of rotatable bonds is 3. The second-order valence-electron chi connectivity index (χ2n) is 5.37. The SMILES string of the molecule is O=C1/C(=C\c2ccccc2)CCC1Cc1ccccc1. The highest BCUT2D eigenvalue weighted by atomic mass is 16.1. The zero-order chi connectivity index (χ0) is 13.8. The van der Waals surface area contributed by atoms with Gasteiger partial charge in [-0.05, 0) is 42.0 Å². The topological polar surface area (TPSA) is 17.1 Å². The van der Waals surface area contributed by atoms with Gasteiger partial charge in [0.25, 0.3) is 0 Å². The van der Waals surface area contributed by atoms with Crippen molar-refractivity contribution in [2.24, 2.45) is 5.92 Å². The van der Waals surface area contributed by atoms with Crippen LogP contribution in [0, 0.1) is 5.92 Å². The summed E-state index contributed by atoms with van der Waals surface area (Å²) in [5.74, 6) is 0.491. The van der Waals surface area contributed by atoms with E-state index < -0.39 is 0 Å². The summed E-state index contributed by atoms with van der Waals surface area (Å²) in [5.41, 5.74) is 3.36. The van der Waals surface area contributed by atoms with Crippen LogP contribution in [0.4, 0.5) is 0 Å². The van der Waals surface area contributed by atoms with Crippen LogP contribution in [0.2, 0.25) is 0 Å². The van der Waals surface area contributed by atoms with Crippen molar-refractivity contribution in [2.75, 3.05) is 0 Å². The van der Waals surface area contributed by atoms with Crippen molar-refractivity contribution in [3.8, 4) is 0 Å². The molecular formula is C19H18O. The Morgan fingerprint density at radius 3 is 2.30 bits per heavy atom. The monoisotopic (exact) mass is 262 g/mol. The van der Waals surface area contributed by atoms with Crippen LogP contribution in [-0.2, 0) is 11.2 Å². The molecule has 0 heterocycles. The van der Waals surface area contributed by atoms with Gasteiger partial charge in [0.05, 0.1) is 0 Å². The van der Waals surface area contributed by atoms with Gasteiger partial charge in [0.1, 0.15) is 0 Å². The fraction of sp³-hybridized carbons (Fsp3) is 0.211. The molecule has 3 rings (SSSR count). The quantitative estimate of drug-likeness (QED) is 0.754. The molecule has 1 aliphatic carbocycles. The van der Waals surface area contributed by atoms with Crippen LogP contribution < -0.4 is 0 Å². The van der Waals surface area contributed by atoms with Gasteiger partial charge in [0.15, 0.2) is 5.78 Å². The van der Waals surface area contributed by atoms with Crippen LogP contribution in [-0.4, -0.2) is 5.78 Å². The van der Waals surface area contributed by atoms with E-state index in [4.69, 9.17) is 0 Å². The Labute approximate surface area is 120 Å².